The number of hydrogen-bond acceptors (Lipinski definition) is 2. The fraction of sp³-hybridized carbons (Fsp3) is 0.125. The Bertz CT molecular complexity index is 361. The topological polar surface area (TPSA) is 38.4 Å². The average molecular weight is 238 g/mol. The third-order valence-corrected chi connectivity index (χ3v) is 2.91. The summed E-state index contributed by atoms with van der Waals surface area (Å²) < 4.78 is 0. The van der Waals surface area contributed by atoms with Crippen LogP contribution in [0.25, 0.3) is 0 Å². The van der Waals surface area contributed by atoms with E-state index in [9.17, 15) is 0 Å². The van der Waals surface area contributed by atoms with E-state index in [0.717, 1.165) is 0 Å². The fourth-order valence-electron chi connectivity index (χ4n) is 0.875. The van der Waals surface area contributed by atoms with Crippen LogP contribution in [-0.2, 0) is 0 Å². The first-order valence-corrected chi connectivity index (χ1v) is 4.59. The molecule has 0 aromatic heterocycles. The predicted octanol–water partition coefficient (Wildman–Crippen LogP) is 3.33. The van der Waals surface area contributed by atoms with Crippen LogP contribution in [0.2, 0.25) is 15.1 Å². The number of rotatable bonds is 1. The maximum atomic E-state index is 5.92. The lowest BCUT2D eigenvalue weighted by Gasteiger charge is -2.05. The minimum absolute atomic E-state index is 0.323. The molecular weight excluding hydrogens is 230 g/mol. The SMILES string of the molecule is C/C(=N\N)c1ccc(Cl)c(Cl)c1Cl. The molecule has 70 valence electrons. The fourth-order valence-corrected chi connectivity index (χ4v) is 1.55. The first-order valence-electron chi connectivity index (χ1n) is 3.46. The second-order valence-corrected chi connectivity index (χ2v) is 3.60. The largest absolute Gasteiger partial charge is 0.323 e. The lowest BCUT2D eigenvalue weighted by atomic mass is 10.1. The number of nitrogens with zero attached hydrogens (tertiary/aromatic N) is 1. The number of nitrogens with two attached hydrogens (primary N) is 1. The molecule has 1 aromatic carbocycles. The Kier molecular flexibility index (Phi) is 3.42. The highest BCUT2D eigenvalue weighted by molar-refractivity contribution is 6.49. The molecule has 0 spiro atoms. The summed E-state index contributed by atoms with van der Waals surface area (Å²) in [5.41, 5.74) is 1.31. The van der Waals surface area contributed by atoms with Gasteiger partial charge in [0.15, 0.2) is 0 Å². The molecule has 0 amide bonds. The van der Waals surface area contributed by atoms with E-state index < -0.39 is 0 Å². The van der Waals surface area contributed by atoms with Gasteiger partial charge < -0.3 is 5.84 Å². The van der Waals surface area contributed by atoms with Crippen molar-refractivity contribution in [1.82, 2.24) is 0 Å². The number of benzene rings is 1. The van der Waals surface area contributed by atoms with Gasteiger partial charge in [0.05, 0.1) is 20.8 Å². The van der Waals surface area contributed by atoms with E-state index in [1.165, 1.54) is 0 Å². The van der Waals surface area contributed by atoms with Crippen molar-refractivity contribution < 1.29 is 0 Å². The summed E-state index contributed by atoms with van der Waals surface area (Å²) in [5.74, 6) is 5.11. The highest BCUT2D eigenvalue weighted by Gasteiger charge is 2.10. The van der Waals surface area contributed by atoms with Crippen molar-refractivity contribution in [2.45, 2.75) is 6.92 Å². The Labute approximate surface area is 91.3 Å². The molecule has 0 saturated carbocycles. The molecule has 0 unspecified atom stereocenters. The van der Waals surface area contributed by atoms with E-state index in [1.54, 1.807) is 19.1 Å². The molecule has 0 heterocycles. The molecule has 0 saturated heterocycles. The zero-order valence-corrected chi connectivity index (χ0v) is 9.08. The second kappa shape index (κ2) is 4.18. The van der Waals surface area contributed by atoms with Crippen molar-refractivity contribution in [1.29, 1.82) is 0 Å². The van der Waals surface area contributed by atoms with Gasteiger partial charge in [0.25, 0.3) is 0 Å². The molecule has 0 aliphatic rings. The molecule has 2 nitrogen and oxygen atoms in total. The Morgan fingerprint density at radius 2 is 1.85 bits per heavy atom. The molecule has 0 atom stereocenters. The van der Waals surface area contributed by atoms with Gasteiger partial charge in [0, 0.05) is 5.56 Å². The second-order valence-electron chi connectivity index (χ2n) is 2.44. The van der Waals surface area contributed by atoms with Gasteiger partial charge in [-0.25, -0.2) is 0 Å². The molecule has 0 aliphatic heterocycles. The molecule has 0 fully saturated rings. The average Bonchev–Trinajstić information content (AvgIpc) is 2.13. The summed E-state index contributed by atoms with van der Waals surface area (Å²) in [6.07, 6.45) is 0. The van der Waals surface area contributed by atoms with Crippen LogP contribution >= 0.6 is 34.8 Å². The van der Waals surface area contributed by atoms with Gasteiger partial charge in [-0.1, -0.05) is 40.9 Å². The molecular formula is C8H7Cl3N2. The smallest absolute Gasteiger partial charge is 0.0785 e. The quantitative estimate of drug-likeness (QED) is 0.346. The zero-order valence-electron chi connectivity index (χ0n) is 6.81. The first kappa shape index (κ1) is 10.6. The van der Waals surface area contributed by atoms with Crippen LogP contribution in [0.4, 0.5) is 0 Å². The Balaban J connectivity index is 3.34. The van der Waals surface area contributed by atoms with E-state index >= 15 is 0 Å². The summed E-state index contributed by atoms with van der Waals surface area (Å²) in [6.45, 7) is 1.74. The lowest BCUT2D eigenvalue weighted by molar-refractivity contribution is 1.24. The lowest BCUT2D eigenvalue weighted by Crippen LogP contribution is -1.99. The van der Waals surface area contributed by atoms with E-state index in [2.05, 4.69) is 5.10 Å². The van der Waals surface area contributed by atoms with Crippen LogP contribution in [0.3, 0.4) is 0 Å². The van der Waals surface area contributed by atoms with E-state index in [-0.39, 0.29) is 0 Å². The summed E-state index contributed by atoms with van der Waals surface area (Å²) in [6, 6.07) is 3.38. The van der Waals surface area contributed by atoms with Crippen LogP contribution < -0.4 is 5.84 Å². The van der Waals surface area contributed by atoms with Gasteiger partial charge in [0.2, 0.25) is 0 Å². The van der Waals surface area contributed by atoms with Gasteiger partial charge in [-0.3, -0.25) is 0 Å². The molecule has 13 heavy (non-hydrogen) atoms. The van der Waals surface area contributed by atoms with Gasteiger partial charge in [-0.05, 0) is 13.0 Å². The highest BCUT2D eigenvalue weighted by atomic mass is 35.5. The van der Waals surface area contributed by atoms with Crippen molar-refractivity contribution in [3.63, 3.8) is 0 Å². The Morgan fingerprint density at radius 3 is 2.38 bits per heavy atom. The van der Waals surface area contributed by atoms with E-state index in [0.29, 0.717) is 26.3 Å². The monoisotopic (exact) mass is 236 g/mol. The van der Waals surface area contributed by atoms with Gasteiger partial charge in [0.1, 0.15) is 0 Å². The summed E-state index contributed by atoms with van der Waals surface area (Å²) in [5, 5.41) is 4.64. The summed E-state index contributed by atoms with van der Waals surface area (Å²) in [4.78, 5) is 0. The van der Waals surface area contributed by atoms with Crippen LogP contribution in [-0.4, -0.2) is 5.71 Å². The van der Waals surface area contributed by atoms with E-state index in [4.69, 9.17) is 40.6 Å². The minimum Gasteiger partial charge on any atom is -0.323 e. The van der Waals surface area contributed by atoms with Crippen LogP contribution in [0.15, 0.2) is 17.2 Å². The van der Waals surface area contributed by atoms with Crippen molar-refractivity contribution in [2.24, 2.45) is 10.9 Å². The molecule has 2 N–H and O–H groups in total. The molecule has 1 aromatic rings. The number of hydrazone groups is 1. The van der Waals surface area contributed by atoms with Crippen LogP contribution in [0.1, 0.15) is 12.5 Å². The predicted molar refractivity (Wildman–Crippen MR) is 57.9 cm³/mol. The van der Waals surface area contributed by atoms with Gasteiger partial charge >= 0.3 is 0 Å². The Morgan fingerprint density at radius 1 is 1.23 bits per heavy atom. The molecule has 5 heteroatoms. The van der Waals surface area contributed by atoms with Crippen molar-refractivity contribution in [3.8, 4) is 0 Å². The molecule has 0 aliphatic carbocycles. The Hall–Kier alpha value is -0.440. The maximum Gasteiger partial charge on any atom is 0.0785 e. The normalized spacial score (nSPS) is 11.8. The molecule has 0 bridgehead atoms. The van der Waals surface area contributed by atoms with Crippen molar-refractivity contribution >= 4 is 40.5 Å². The highest BCUT2D eigenvalue weighted by Crippen LogP contribution is 2.32. The third kappa shape index (κ3) is 2.08. The standard InChI is InChI=1S/C8H7Cl3N2/c1-4(13-12)5-2-3-6(9)8(11)7(5)10/h2-3H,12H2,1H3/b13-4+. The van der Waals surface area contributed by atoms with Crippen LogP contribution in [0, 0.1) is 0 Å². The first-order chi connectivity index (χ1) is 6.07. The summed E-state index contributed by atoms with van der Waals surface area (Å²) in [7, 11) is 0. The minimum atomic E-state index is 0.323. The summed E-state index contributed by atoms with van der Waals surface area (Å²) >= 11 is 17.5. The zero-order chi connectivity index (χ0) is 10.0. The number of hydrogen-bond donors (Lipinski definition) is 1. The van der Waals surface area contributed by atoms with Crippen molar-refractivity contribution in [3.05, 3.63) is 32.8 Å². The number of halogens is 3. The van der Waals surface area contributed by atoms with Gasteiger partial charge in [-0.15, -0.1) is 0 Å². The van der Waals surface area contributed by atoms with Crippen molar-refractivity contribution in [2.75, 3.05) is 0 Å². The molecule has 1 rings (SSSR count). The molecule has 0 radical (unpaired) electrons. The van der Waals surface area contributed by atoms with Gasteiger partial charge in [-0.2, -0.15) is 5.10 Å². The third-order valence-electron chi connectivity index (χ3n) is 1.62. The van der Waals surface area contributed by atoms with E-state index in [1.807, 2.05) is 0 Å². The van der Waals surface area contributed by atoms with Crippen LogP contribution in [0.5, 0.6) is 0 Å². The maximum absolute atomic E-state index is 5.92.